The lowest BCUT2D eigenvalue weighted by Crippen LogP contribution is -1.94. The molecule has 2 nitrogen and oxygen atoms in total. The highest BCUT2D eigenvalue weighted by atomic mass is 32.2. The van der Waals surface area contributed by atoms with Gasteiger partial charge in [-0.15, -0.1) is 11.8 Å². The number of nitrogens with zero attached hydrogens (tertiary/aromatic N) is 2. The Labute approximate surface area is 83.0 Å². The van der Waals surface area contributed by atoms with E-state index in [1.807, 2.05) is 18.2 Å². The predicted octanol–water partition coefficient (Wildman–Crippen LogP) is 2.84. The van der Waals surface area contributed by atoms with Crippen molar-refractivity contribution in [2.24, 2.45) is 0 Å². The monoisotopic (exact) mass is 192 g/mol. The average molecular weight is 192 g/mol. The van der Waals surface area contributed by atoms with Crippen LogP contribution in [-0.2, 0) is 0 Å². The second kappa shape index (κ2) is 4.88. The summed E-state index contributed by atoms with van der Waals surface area (Å²) >= 11 is 1.71. The number of hydrogen-bond acceptors (Lipinski definition) is 3. The molecule has 1 heterocycles. The number of rotatable bonds is 3. The van der Waals surface area contributed by atoms with Gasteiger partial charge in [-0.3, -0.25) is 0 Å². The summed E-state index contributed by atoms with van der Waals surface area (Å²) in [5.74, 6) is 0. The molecule has 0 radical (unpaired) electrons. The number of nitriles is 1. The Morgan fingerprint density at radius 1 is 1.62 bits per heavy atom. The van der Waals surface area contributed by atoms with E-state index in [-0.39, 0.29) is 0 Å². The van der Waals surface area contributed by atoms with Crippen LogP contribution in [0.4, 0.5) is 0 Å². The molecule has 68 valence electrons. The predicted molar refractivity (Wildman–Crippen MR) is 54.6 cm³/mol. The van der Waals surface area contributed by atoms with E-state index >= 15 is 0 Å². The smallest absolute Gasteiger partial charge is 0.141 e. The van der Waals surface area contributed by atoms with E-state index < -0.39 is 0 Å². The fourth-order valence-electron chi connectivity index (χ4n) is 0.832. The Bertz CT molecular complexity index is 317. The van der Waals surface area contributed by atoms with Gasteiger partial charge in [0.05, 0.1) is 5.03 Å². The molecule has 1 atom stereocenters. The van der Waals surface area contributed by atoms with Gasteiger partial charge >= 0.3 is 0 Å². The molecule has 0 saturated carbocycles. The Morgan fingerprint density at radius 3 is 3.00 bits per heavy atom. The molecule has 0 amide bonds. The van der Waals surface area contributed by atoms with E-state index in [0.717, 1.165) is 11.4 Å². The first-order valence-corrected chi connectivity index (χ1v) is 5.18. The van der Waals surface area contributed by atoms with E-state index in [9.17, 15) is 0 Å². The molecular weight excluding hydrogens is 180 g/mol. The van der Waals surface area contributed by atoms with E-state index in [4.69, 9.17) is 5.26 Å². The van der Waals surface area contributed by atoms with Crippen molar-refractivity contribution in [3.8, 4) is 6.07 Å². The second-order valence-electron chi connectivity index (χ2n) is 2.81. The van der Waals surface area contributed by atoms with Crippen LogP contribution >= 0.6 is 11.8 Å². The highest BCUT2D eigenvalue weighted by Gasteiger charge is 2.03. The first-order chi connectivity index (χ1) is 6.26. The van der Waals surface area contributed by atoms with Gasteiger partial charge in [-0.1, -0.05) is 19.9 Å². The van der Waals surface area contributed by atoms with Gasteiger partial charge in [-0.25, -0.2) is 4.98 Å². The standard InChI is InChI=1S/C10H12N2S/c1-3-8(2)13-10-6-4-5-9(7-11)12-10/h4-6,8H,3H2,1-2H3. The summed E-state index contributed by atoms with van der Waals surface area (Å²) in [6.45, 7) is 4.30. The SMILES string of the molecule is CCC(C)Sc1cccc(C#N)n1. The summed E-state index contributed by atoms with van der Waals surface area (Å²) in [7, 11) is 0. The summed E-state index contributed by atoms with van der Waals surface area (Å²) in [4.78, 5) is 4.18. The quantitative estimate of drug-likeness (QED) is 0.691. The Kier molecular flexibility index (Phi) is 3.78. The fourth-order valence-corrected chi connectivity index (χ4v) is 1.72. The highest BCUT2D eigenvalue weighted by molar-refractivity contribution is 7.99. The molecule has 0 aliphatic carbocycles. The lowest BCUT2D eigenvalue weighted by molar-refractivity contribution is 0.900. The van der Waals surface area contributed by atoms with Crippen molar-refractivity contribution in [2.45, 2.75) is 30.5 Å². The minimum absolute atomic E-state index is 0.494. The van der Waals surface area contributed by atoms with E-state index in [1.165, 1.54) is 0 Å². The molecule has 0 saturated heterocycles. The molecule has 1 aromatic rings. The van der Waals surface area contributed by atoms with Crippen molar-refractivity contribution in [1.29, 1.82) is 5.26 Å². The Morgan fingerprint density at radius 2 is 2.38 bits per heavy atom. The molecule has 0 fully saturated rings. The summed E-state index contributed by atoms with van der Waals surface area (Å²) in [5, 5.41) is 10.1. The van der Waals surface area contributed by atoms with Crippen LogP contribution in [0.3, 0.4) is 0 Å². The van der Waals surface area contributed by atoms with Crippen molar-refractivity contribution < 1.29 is 0 Å². The van der Waals surface area contributed by atoms with Crippen LogP contribution in [0.5, 0.6) is 0 Å². The van der Waals surface area contributed by atoms with Crippen LogP contribution in [-0.4, -0.2) is 10.2 Å². The third-order valence-electron chi connectivity index (χ3n) is 1.73. The van der Waals surface area contributed by atoms with Gasteiger partial charge in [-0.2, -0.15) is 5.26 Å². The molecule has 0 N–H and O–H groups in total. The lowest BCUT2D eigenvalue weighted by atomic mass is 10.4. The molecule has 0 aromatic carbocycles. The molecule has 1 rings (SSSR count). The van der Waals surface area contributed by atoms with Gasteiger partial charge in [0.15, 0.2) is 0 Å². The molecule has 1 aromatic heterocycles. The molecule has 0 spiro atoms. The number of pyridine rings is 1. The van der Waals surface area contributed by atoms with Gasteiger partial charge in [0.1, 0.15) is 11.8 Å². The number of hydrogen-bond donors (Lipinski definition) is 0. The van der Waals surface area contributed by atoms with E-state index in [2.05, 4.69) is 18.8 Å². The third-order valence-corrected chi connectivity index (χ3v) is 2.94. The van der Waals surface area contributed by atoms with Crippen LogP contribution < -0.4 is 0 Å². The van der Waals surface area contributed by atoms with Crippen molar-refractivity contribution in [3.05, 3.63) is 23.9 Å². The van der Waals surface area contributed by atoms with Crippen LogP contribution in [0.1, 0.15) is 26.0 Å². The maximum Gasteiger partial charge on any atom is 0.141 e. The zero-order valence-electron chi connectivity index (χ0n) is 7.82. The van der Waals surface area contributed by atoms with Crippen molar-refractivity contribution in [3.63, 3.8) is 0 Å². The summed E-state index contributed by atoms with van der Waals surface area (Å²) < 4.78 is 0. The topological polar surface area (TPSA) is 36.7 Å². The van der Waals surface area contributed by atoms with E-state index in [1.54, 1.807) is 17.8 Å². The third kappa shape index (κ3) is 3.08. The van der Waals surface area contributed by atoms with E-state index in [0.29, 0.717) is 10.9 Å². The number of thioether (sulfide) groups is 1. The van der Waals surface area contributed by atoms with Crippen molar-refractivity contribution in [2.75, 3.05) is 0 Å². The average Bonchev–Trinajstić information content (AvgIpc) is 2.18. The maximum absolute atomic E-state index is 8.63. The summed E-state index contributed by atoms with van der Waals surface area (Å²) in [6, 6.07) is 7.57. The normalized spacial score (nSPS) is 12.1. The fraction of sp³-hybridized carbons (Fsp3) is 0.400. The largest absolute Gasteiger partial charge is 0.231 e. The minimum Gasteiger partial charge on any atom is -0.231 e. The van der Waals surface area contributed by atoms with Gasteiger partial charge in [-0.05, 0) is 18.6 Å². The van der Waals surface area contributed by atoms with Gasteiger partial charge in [0.2, 0.25) is 0 Å². The first-order valence-electron chi connectivity index (χ1n) is 4.30. The van der Waals surface area contributed by atoms with Crippen LogP contribution in [0, 0.1) is 11.3 Å². The maximum atomic E-state index is 8.63. The minimum atomic E-state index is 0.494. The molecule has 3 heteroatoms. The van der Waals surface area contributed by atoms with Crippen LogP contribution in [0.25, 0.3) is 0 Å². The lowest BCUT2D eigenvalue weighted by Gasteiger charge is -2.06. The molecule has 0 bridgehead atoms. The molecule has 13 heavy (non-hydrogen) atoms. The zero-order chi connectivity index (χ0) is 9.68. The zero-order valence-corrected chi connectivity index (χ0v) is 8.64. The number of aromatic nitrogens is 1. The molecule has 0 aliphatic rings. The van der Waals surface area contributed by atoms with Gasteiger partial charge in [0, 0.05) is 5.25 Å². The van der Waals surface area contributed by atoms with Crippen molar-refractivity contribution in [1.82, 2.24) is 4.98 Å². The van der Waals surface area contributed by atoms with Crippen LogP contribution in [0.15, 0.2) is 23.2 Å². The molecular formula is C10H12N2S. The Balaban J connectivity index is 2.73. The summed E-state index contributed by atoms with van der Waals surface area (Å²) in [6.07, 6.45) is 1.11. The second-order valence-corrected chi connectivity index (χ2v) is 4.27. The van der Waals surface area contributed by atoms with Gasteiger partial charge in [0.25, 0.3) is 0 Å². The molecule has 0 aliphatic heterocycles. The molecule has 1 unspecified atom stereocenters. The summed E-state index contributed by atoms with van der Waals surface area (Å²) in [5.41, 5.74) is 0.494. The van der Waals surface area contributed by atoms with Gasteiger partial charge < -0.3 is 0 Å². The Hall–Kier alpha value is -1.01. The highest BCUT2D eigenvalue weighted by Crippen LogP contribution is 2.22. The van der Waals surface area contributed by atoms with Crippen molar-refractivity contribution >= 4 is 11.8 Å². The van der Waals surface area contributed by atoms with Crippen LogP contribution in [0.2, 0.25) is 0 Å². The first kappa shape index (κ1) is 10.1.